The molecule has 1 unspecified atom stereocenters. The molecule has 1 aromatic carbocycles. The first-order valence-corrected chi connectivity index (χ1v) is 8.11. The van der Waals surface area contributed by atoms with E-state index in [-0.39, 0.29) is 11.6 Å². The number of nitrogens with two attached hydrogens (primary N) is 1. The molecule has 1 aromatic rings. The number of benzene rings is 1. The van der Waals surface area contributed by atoms with Crippen molar-refractivity contribution >= 4 is 29.0 Å². The Hall–Kier alpha value is -1.23. The molecule has 112 valence electrons. The number of nitrogens with one attached hydrogen (secondary N) is 1. The predicted octanol–water partition coefficient (Wildman–Crippen LogP) is 3.91. The summed E-state index contributed by atoms with van der Waals surface area (Å²) in [6, 6.07) is 3.98. The summed E-state index contributed by atoms with van der Waals surface area (Å²) >= 11 is 1.89. The smallest absolute Gasteiger partial charge is 0.224 e. The van der Waals surface area contributed by atoms with Gasteiger partial charge < -0.3 is 11.1 Å². The van der Waals surface area contributed by atoms with Gasteiger partial charge in [-0.05, 0) is 42.0 Å². The number of carbonyl (C=O) groups is 1. The molecule has 1 rings (SSSR count). The summed E-state index contributed by atoms with van der Waals surface area (Å²) in [5.74, 6) is 2.38. The van der Waals surface area contributed by atoms with E-state index in [0.717, 1.165) is 23.8 Å². The largest absolute Gasteiger partial charge is 0.397 e. The van der Waals surface area contributed by atoms with Crippen LogP contribution in [-0.4, -0.2) is 17.4 Å². The van der Waals surface area contributed by atoms with Crippen LogP contribution in [0.5, 0.6) is 0 Å². The van der Waals surface area contributed by atoms with Crippen molar-refractivity contribution in [3.8, 4) is 0 Å². The molecule has 3 nitrogen and oxygen atoms in total. The van der Waals surface area contributed by atoms with Gasteiger partial charge in [0.25, 0.3) is 0 Å². The Morgan fingerprint density at radius 2 is 2.25 bits per heavy atom. The summed E-state index contributed by atoms with van der Waals surface area (Å²) in [4.78, 5) is 11.7. The molecule has 0 heterocycles. The minimum absolute atomic E-state index is 0.0764. The van der Waals surface area contributed by atoms with Crippen molar-refractivity contribution < 1.29 is 9.18 Å². The fourth-order valence-corrected chi connectivity index (χ4v) is 2.75. The minimum atomic E-state index is -0.401. The van der Waals surface area contributed by atoms with E-state index in [1.807, 2.05) is 11.8 Å². The average Bonchev–Trinajstić information content (AvgIpc) is 2.41. The van der Waals surface area contributed by atoms with E-state index in [0.29, 0.717) is 12.1 Å². The maximum Gasteiger partial charge on any atom is 0.224 e. The van der Waals surface area contributed by atoms with Crippen LogP contribution in [-0.2, 0) is 4.79 Å². The number of hydrogen-bond acceptors (Lipinski definition) is 3. The van der Waals surface area contributed by atoms with Crippen LogP contribution in [0.2, 0.25) is 0 Å². The molecule has 0 saturated heterocycles. The van der Waals surface area contributed by atoms with E-state index in [1.54, 1.807) is 0 Å². The molecule has 5 heteroatoms. The Morgan fingerprint density at radius 1 is 1.50 bits per heavy atom. The first-order chi connectivity index (χ1) is 9.52. The zero-order valence-corrected chi connectivity index (χ0v) is 12.9. The number of amides is 1. The number of carbonyl (C=O) groups excluding carboxylic acids is 1. The number of rotatable bonds is 8. The van der Waals surface area contributed by atoms with Gasteiger partial charge >= 0.3 is 0 Å². The summed E-state index contributed by atoms with van der Waals surface area (Å²) in [6.07, 6.45) is 2.50. The Labute approximate surface area is 124 Å². The second kappa shape index (κ2) is 8.84. The molecular weight excluding hydrogens is 275 g/mol. The van der Waals surface area contributed by atoms with Gasteiger partial charge in [-0.3, -0.25) is 4.79 Å². The predicted molar refractivity (Wildman–Crippen MR) is 85.5 cm³/mol. The first kappa shape index (κ1) is 16.8. The molecule has 0 saturated carbocycles. The maximum absolute atomic E-state index is 12.9. The normalized spacial score (nSPS) is 12.2. The van der Waals surface area contributed by atoms with E-state index in [2.05, 4.69) is 19.2 Å². The summed E-state index contributed by atoms with van der Waals surface area (Å²) in [5.41, 5.74) is 6.37. The molecule has 0 aliphatic heterocycles. The third-order valence-corrected chi connectivity index (χ3v) is 4.46. The van der Waals surface area contributed by atoms with E-state index in [4.69, 9.17) is 5.73 Å². The highest BCUT2D eigenvalue weighted by Gasteiger charge is 2.06. The van der Waals surface area contributed by atoms with Crippen LogP contribution < -0.4 is 11.1 Å². The fourth-order valence-electron chi connectivity index (χ4n) is 1.60. The standard InChI is InChI=1S/C15H23FN2OS/c1-3-11(2)10-20-8-4-5-15(19)18-14-7-6-12(16)9-13(14)17/h6-7,9,11H,3-5,8,10,17H2,1-2H3,(H,18,19). The van der Waals surface area contributed by atoms with Crippen LogP contribution in [0.15, 0.2) is 18.2 Å². The zero-order valence-electron chi connectivity index (χ0n) is 12.1. The third kappa shape index (κ3) is 6.28. The van der Waals surface area contributed by atoms with Crippen molar-refractivity contribution in [2.75, 3.05) is 22.6 Å². The fraction of sp³-hybridized carbons (Fsp3) is 0.533. The lowest BCUT2D eigenvalue weighted by molar-refractivity contribution is -0.116. The van der Waals surface area contributed by atoms with E-state index < -0.39 is 5.82 Å². The van der Waals surface area contributed by atoms with Gasteiger partial charge in [-0.25, -0.2) is 4.39 Å². The summed E-state index contributed by atoms with van der Waals surface area (Å²) in [6.45, 7) is 4.42. The van der Waals surface area contributed by atoms with Crippen LogP contribution in [0.1, 0.15) is 33.1 Å². The minimum Gasteiger partial charge on any atom is -0.397 e. The molecule has 0 aliphatic carbocycles. The second-order valence-corrected chi connectivity index (χ2v) is 6.12. The lowest BCUT2D eigenvalue weighted by atomic mass is 10.2. The Bertz CT molecular complexity index is 440. The van der Waals surface area contributed by atoms with Gasteiger partial charge in [0.15, 0.2) is 0 Å². The summed E-state index contributed by atoms with van der Waals surface area (Å²) in [7, 11) is 0. The molecule has 0 spiro atoms. The molecule has 20 heavy (non-hydrogen) atoms. The number of nitrogen functional groups attached to an aromatic ring is 1. The quantitative estimate of drug-likeness (QED) is 0.565. The van der Waals surface area contributed by atoms with E-state index in [9.17, 15) is 9.18 Å². The topological polar surface area (TPSA) is 55.1 Å². The van der Waals surface area contributed by atoms with Crippen LogP contribution in [0.4, 0.5) is 15.8 Å². The number of hydrogen-bond donors (Lipinski definition) is 2. The van der Waals surface area contributed by atoms with Crippen LogP contribution in [0, 0.1) is 11.7 Å². The molecule has 0 radical (unpaired) electrons. The van der Waals surface area contributed by atoms with Crippen molar-refractivity contribution in [2.45, 2.75) is 33.1 Å². The number of anilines is 2. The monoisotopic (exact) mass is 298 g/mol. The maximum atomic E-state index is 12.9. The third-order valence-electron chi connectivity index (χ3n) is 3.08. The van der Waals surface area contributed by atoms with Gasteiger partial charge in [0.05, 0.1) is 11.4 Å². The van der Waals surface area contributed by atoms with Crippen LogP contribution in [0.25, 0.3) is 0 Å². The SMILES string of the molecule is CCC(C)CSCCCC(=O)Nc1ccc(F)cc1N. The van der Waals surface area contributed by atoms with Gasteiger partial charge in [-0.1, -0.05) is 20.3 Å². The molecular formula is C15H23FN2OS. The Morgan fingerprint density at radius 3 is 2.90 bits per heavy atom. The van der Waals surface area contributed by atoms with E-state index >= 15 is 0 Å². The molecule has 3 N–H and O–H groups in total. The van der Waals surface area contributed by atoms with Gasteiger partial charge in [-0.2, -0.15) is 11.8 Å². The van der Waals surface area contributed by atoms with E-state index in [1.165, 1.54) is 24.6 Å². The van der Waals surface area contributed by atoms with Crippen molar-refractivity contribution in [1.82, 2.24) is 0 Å². The molecule has 0 bridgehead atoms. The summed E-state index contributed by atoms with van der Waals surface area (Å²) in [5, 5.41) is 2.71. The lowest BCUT2D eigenvalue weighted by Gasteiger charge is -2.09. The van der Waals surface area contributed by atoms with Crippen LogP contribution >= 0.6 is 11.8 Å². The first-order valence-electron chi connectivity index (χ1n) is 6.95. The summed E-state index contributed by atoms with van der Waals surface area (Å²) < 4.78 is 12.9. The highest BCUT2D eigenvalue weighted by molar-refractivity contribution is 7.99. The molecule has 0 aromatic heterocycles. The van der Waals surface area contributed by atoms with Crippen molar-refractivity contribution in [2.24, 2.45) is 5.92 Å². The molecule has 1 amide bonds. The van der Waals surface area contributed by atoms with Crippen molar-refractivity contribution in [3.05, 3.63) is 24.0 Å². The van der Waals surface area contributed by atoms with Gasteiger partial charge in [0.2, 0.25) is 5.91 Å². The second-order valence-electron chi connectivity index (χ2n) is 4.97. The lowest BCUT2D eigenvalue weighted by Crippen LogP contribution is -2.13. The van der Waals surface area contributed by atoms with Crippen molar-refractivity contribution in [3.63, 3.8) is 0 Å². The zero-order chi connectivity index (χ0) is 15.0. The Kier molecular flexibility index (Phi) is 7.44. The molecule has 0 fully saturated rings. The number of halogens is 1. The molecule has 1 atom stereocenters. The van der Waals surface area contributed by atoms with Crippen LogP contribution in [0.3, 0.4) is 0 Å². The number of thioether (sulfide) groups is 1. The highest BCUT2D eigenvalue weighted by Crippen LogP contribution is 2.19. The molecule has 0 aliphatic rings. The van der Waals surface area contributed by atoms with Gasteiger partial charge in [0.1, 0.15) is 5.82 Å². The Balaban J connectivity index is 2.23. The van der Waals surface area contributed by atoms with Crippen molar-refractivity contribution in [1.29, 1.82) is 0 Å². The average molecular weight is 298 g/mol. The van der Waals surface area contributed by atoms with Gasteiger partial charge in [-0.15, -0.1) is 0 Å². The van der Waals surface area contributed by atoms with Gasteiger partial charge in [0, 0.05) is 6.42 Å². The highest BCUT2D eigenvalue weighted by atomic mass is 32.2.